The van der Waals surface area contributed by atoms with Gasteiger partial charge in [0.05, 0.1) is 18.9 Å². The molecule has 1 aliphatic rings. The zero-order chi connectivity index (χ0) is 15.4. The quantitative estimate of drug-likeness (QED) is 0.832. The molecule has 0 aromatic heterocycles. The van der Waals surface area contributed by atoms with Crippen molar-refractivity contribution in [3.05, 3.63) is 29.8 Å². The Balaban J connectivity index is 1.72. The Hall–Kier alpha value is -2.04. The van der Waals surface area contributed by atoms with Gasteiger partial charge in [0.1, 0.15) is 5.75 Å². The molecule has 5 nitrogen and oxygen atoms in total. The second kappa shape index (κ2) is 6.61. The van der Waals surface area contributed by atoms with E-state index in [0.717, 1.165) is 18.6 Å². The van der Waals surface area contributed by atoms with E-state index in [1.807, 2.05) is 24.3 Å². The average molecular weight is 291 g/mol. The Morgan fingerprint density at radius 1 is 1.29 bits per heavy atom. The summed E-state index contributed by atoms with van der Waals surface area (Å²) >= 11 is 0. The minimum atomic E-state index is -0.861. The van der Waals surface area contributed by atoms with Crippen LogP contribution in [0, 0.1) is 11.8 Å². The molecule has 2 rings (SSSR count). The molecule has 1 saturated carbocycles. The zero-order valence-electron chi connectivity index (χ0n) is 12.4. The fourth-order valence-corrected chi connectivity index (χ4v) is 2.45. The lowest BCUT2D eigenvalue weighted by Gasteiger charge is -2.17. The van der Waals surface area contributed by atoms with Crippen molar-refractivity contribution in [2.24, 2.45) is 11.8 Å². The molecular weight excluding hydrogens is 270 g/mol. The number of rotatable bonds is 7. The van der Waals surface area contributed by atoms with Gasteiger partial charge in [0.15, 0.2) is 0 Å². The van der Waals surface area contributed by atoms with E-state index in [-0.39, 0.29) is 11.8 Å². The van der Waals surface area contributed by atoms with E-state index in [1.165, 1.54) is 5.56 Å². The first-order valence-electron chi connectivity index (χ1n) is 7.13. The number of ether oxygens (including phenoxy) is 1. The van der Waals surface area contributed by atoms with Crippen molar-refractivity contribution in [2.75, 3.05) is 20.7 Å². The van der Waals surface area contributed by atoms with Gasteiger partial charge in [0.25, 0.3) is 0 Å². The predicted molar refractivity (Wildman–Crippen MR) is 78.2 cm³/mol. The van der Waals surface area contributed by atoms with Gasteiger partial charge in [-0.25, -0.2) is 0 Å². The molecule has 1 N–H and O–H groups in total. The highest BCUT2D eigenvalue weighted by molar-refractivity contribution is 5.89. The largest absolute Gasteiger partial charge is 0.497 e. The molecule has 2 atom stereocenters. The Bertz CT molecular complexity index is 512. The van der Waals surface area contributed by atoms with Crippen LogP contribution in [0.25, 0.3) is 0 Å². The number of carbonyl (C=O) groups excluding carboxylic acids is 1. The molecule has 1 fully saturated rings. The van der Waals surface area contributed by atoms with Crippen LogP contribution in [0.5, 0.6) is 5.75 Å². The molecule has 5 heteroatoms. The number of nitrogens with zero attached hydrogens (tertiary/aromatic N) is 1. The monoisotopic (exact) mass is 291 g/mol. The first-order chi connectivity index (χ1) is 10.0. The van der Waals surface area contributed by atoms with Gasteiger partial charge in [0.2, 0.25) is 5.91 Å². The number of aryl methyl sites for hydroxylation is 1. The van der Waals surface area contributed by atoms with E-state index in [4.69, 9.17) is 9.84 Å². The molecule has 0 heterocycles. The minimum Gasteiger partial charge on any atom is -0.497 e. The summed E-state index contributed by atoms with van der Waals surface area (Å²) in [7, 11) is 3.38. The maximum Gasteiger partial charge on any atom is 0.307 e. The van der Waals surface area contributed by atoms with Crippen molar-refractivity contribution in [2.45, 2.75) is 19.3 Å². The highest BCUT2D eigenvalue weighted by Crippen LogP contribution is 2.39. The van der Waals surface area contributed by atoms with Crippen molar-refractivity contribution < 1.29 is 19.4 Å². The Labute approximate surface area is 124 Å². The van der Waals surface area contributed by atoms with E-state index in [9.17, 15) is 9.59 Å². The van der Waals surface area contributed by atoms with Crippen molar-refractivity contribution in [1.29, 1.82) is 0 Å². The van der Waals surface area contributed by atoms with Crippen LogP contribution < -0.4 is 4.74 Å². The number of carboxylic acids is 1. The molecule has 0 spiro atoms. The van der Waals surface area contributed by atoms with Gasteiger partial charge >= 0.3 is 5.97 Å². The average Bonchev–Trinajstić information content (AvgIpc) is 3.27. The van der Waals surface area contributed by atoms with Gasteiger partial charge in [0, 0.05) is 13.6 Å². The molecule has 0 saturated heterocycles. The second-order valence-corrected chi connectivity index (χ2v) is 5.50. The molecule has 0 unspecified atom stereocenters. The SMILES string of the molecule is COc1ccc(CCCN(C)C(=O)[C@@H]2C[C@H]2C(=O)O)cc1. The number of amides is 1. The fraction of sp³-hybridized carbons (Fsp3) is 0.500. The summed E-state index contributed by atoms with van der Waals surface area (Å²) < 4.78 is 5.11. The van der Waals surface area contributed by atoms with Gasteiger partial charge in [-0.15, -0.1) is 0 Å². The maximum absolute atomic E-state index is 12.0. The molecule has 1 aliphatic carbocycles. The van der Waals surface area contributed by atoms with Crippen molar-refractivity contribution in [3.8, 4) is 5.75 Å². The normalized spacial score (nSPS) is 19.9. The molecule has 1 aromatic rings. The number of benzene rings is 1. The molecule has 114 valence electrons. The molecule has 0 bridgehead atoms. The summed E-state index contributed by atoms with van der Waals surface area (Å²) in [5.41, 5.74) is 1.20. The van der Waals surface area contributed by atoms with Crippen LogP contribution in [-0.4, -0.2) is 42.6 Å². The van der Waals surface area contributed by atoms with E-state index in [0.29, 0.717) is 13.0 Å². The Kier molecular flexibility index (Phi) is 4.83. The van der Waals surface area contributed by atoms with E-state index < -0.39 is 11.9 Å². The summed E-state index contributed by atoms with van der Waals surface area (Å²) in [6.45, 7) is 0.647. The number of aliphatic carboxylic acids is 1. The third-order valence-corrected chi connectivity index (χ3v) is 3.92. The lowest BCUT2D eigenvalue weighted by molar-refractivity contribution is -0.141. The highest BCUT2D eigenvalue weighted by atomic mass is 16.5. The van der Waals surface area contributed by atoms with E-state index >= 15 is 0 Å². The summed E-state index contributed by atoms with van der Waals surface area (Å²) in [6, 6.07) is 7.88. The lowest BCUT2D eigenvalue weighted by Crippen LogP contribution is -2.30. The molecule has 0 aliphatic heterocycles. The number of hydrogen-bond donors (Lipinski definition) is 1. The first-order valence-corrected chi connectivity index (χ1v) is 7.13. The standard InChI is InChI=1S/C16H21NO4/c1-17(15(18)13-10-14(13)16(19)20)9-3-4-11-5-7-12(21-2)8-6-11/h5-8,13-14H,3-4,9-10H2,1-2H3,(H,19,20)/t13-,14-/m1/s1. The van der Waals surface area contributed by atoms with Gasteiger partial charge in [-0.3, -0.25) is 9.59 Å². The fourth-order valence-electron chi connectivity index (χ4n) is 2.45. The minimum absolute atomic E-state index is 0.0443. The summed E-state index contributed by atoms with van der Waals surface area (Å²) in [5.74, 6) is -0.855. The van der Waals surface area contributed by atoms with Crippen LogP contribution in [-0.2, 0) is 16.0 Å². The van der Waals surface area contributed by atoms with Crippen LogP contribution >= 0.6 is 0 Å². The lowest BCUT2D eigenvalue weighted by atomic mass is 10.1. The van der Waals surface area contributed by atoms with Crippen molar-refractivity contribution in [1.82, 2.24) is 4.90 Å². The van der Waals surface area contributed by atoms with Crippen LogP contribution in [0.4, 0.5) is 0 Å². The summed E-state index contributed by atoms with van der Waals surface area (Å²) in [5, 5.41) is 8.84. The van der Waals surface area contributed by atoms with Gasteiger partial charge in [-0.1, -0.05) is 12.1 Å². The molecular formula is C16H21NO4. The third kappa shape index (κ3) is 3.97. The smallest absolute Gasteiger partial charge is 0.307 e. The van der Waals surface area contributed by atoms with E-state index in [2.05, 4.69) is 0 Å². The highest BCUT2D eigenvalue weighted by Gasteiger charge is 2.49. The van der Waals surface area contributed by atoms with Gasteiger partial charge in [-0.05, 0) is 37.0 Å². The Morgan fingerprint density at radius 2 is 1.95 bits per heavy atom. The maximum atomic E-state index is 12.0. The van der Waals surface area contributed by atoms with Gasteiger partial charge < -0.3 is 14.7 Å². The number of carboxylic acid groups (broad SMARTS) is 1. The van der Waals surface area contributed by atoms with Crippen molar-refractivity contribution in [3.63, 3.8) is 0 Å². The molecule has 1 aromatic carbocycles. The van der Waals surface area contributed by atoms with Crippen LogP contribution in [0.1, 0.15) is 18.4 Å². The van der Waals surface area contributed by atoms with Crippen LogP contribution in [0.2, 0.25) is 0 Å². The Morgan fingerprint density at radius 3 is 2.48 bits per heavy atom. The van der Waals surface area contributed by atoms with E-state index in [1.54, 1.807) is 19.1 Å². The van der Waals surface area contributed by atoms with Gasteiger partial charge in [-0.2, -0.15) is 0 Å². The molecule has 0 radical (unpaired) electrons. The first kappa shape index (κ1) is 15.4. The van der Waals surface area contributed by atoms with Crippen LogP contribution in [0.15, 0.2) is 24.3 Å². The molecule has 21 heavy (non-hydrogen) atoms. The number of hydrogen-bond acceptors (Lipinski definition) is 3. The summed E-state index contributed by atoms with van der Waals surface area (Å²) in [6.07, 6.45) is 2.23. The topological polar surface area (TPSA) is 66.8 Å². The van der Waals surface area contributed by atoms with Crippen molar-refractivity contribution >= 4 is 11.9 Å². The van der Waals surface area contributed by atoms with Crippen LogP contribution in [0.3, 0.4) is 0 Å². The number of methoxy groups -OCH3 is 1. The number of carbonyl (C=O) groups is 2. The predicted octanol–water partition coefficient (Wildman–Crippen LogP) is 1.81. The third-order valence-electron chi connectivity index (χ3n) is 3.92. The summed E-state index contributed by atoms with van der Waals surface area (Å²) in [4.78, 5) is 24.4. The molecule has 1 amide bonds. The second-order valence-electron chi connectivity index (χ2n) is 5.50. The zero-order valence-corrected chi connectivity index (χ0v) is 12.4.